The molecule has 3 rings (SSSR count). The molecule has 0 aromatic heterocycles. The molecule has 25 heavy (non-hydrogen) atoms. The molecular weight excluding hydrogens is 336 g/mol. The summed E-state index contributed by atoms with van der Waals surface area (Å²) in [7, 11) is -3.76. The van der Waals surface area contributed by atoms with Crippen LogP contribution in [0.5, 0.6) is 0 Å². The fraction of sp³-hybridized carbons (Fsp3) is 0.316. The lowest BCUT2D eigenvalue weighted by Crippen LogP contribution is -2.52. The van der Waals surface area contributed by atoms with E-state index in [1.54, 1.807) is 18.2 Å². The third-order valence-corrected chi connectivity index (χ3v) is 6.34. The number of benzene rings is 2. The van der Waals surface area contributed by atoms with Crippen LogP contribution in [0.4, 0.5) is 0 Å². The van der Waals surface area contributed by atoms with E-state index in [1.807, 2.05) is 44.2 Å². The maximum atomic E-state index is 13.1. The SMILES string of the molecule is CCc1ccc(S(=O)(=O)N2CCNC(=O)C2c2cccc(C)c2)cc1. The summed E-state index contributed by atoms with van der Waals surface area (Å²) in [5.74, 6) is -0.286. The Bertz CT molecular complexity index is 876. The van der Waals surface area contributed by atoms with Crippen LogP contribution in [0.1, 0.15) is 29.7 Å². The van der Waals surface area contributed by atoms with E-state index in [2.05, 4.69) is 5.32 Å². The molecule has 1 atom stereocenters. The van der Waals surface area contributed by atoms with Gasteiger partial charge in [0.2, 0.25) is 15.9 Å². The highest BCUT2D eigenvalue weighted by Crippen LogP contribution is 2.30. The van der Waals surface area contributed by atoms with E-state index in [0.717, 1.165) is 17.5 Å². The lowest BCUT2D eigenvalue weighted by atomic mass is 10.0. The van der Waals surface area contributed by atoms with Gasteiger partial charge in [-0.1, -0.05) is 48.9 Å². The van der Waals surface area contributed by atoms with Crippen LogP contribution in [-0.2, 0) is 21.2 Å². The summed E-state index contributed by atoms with van der Waals surface area (Å²) in [6.45, 7) is 4.51. The molecule has 5 nitrogen and oxygen atoms in total. The zero-order valence-electron chi connectivity index (χ0n) is 14.4. The van der Waals surface area contributed by atoms with E-state index < -0.39 is 16.1 Å². The summed E-state index contributed by atoms with van der Waals surface area (Å²) in [6, 6.07) is 13.5. The van der Waals surface area contributed by atoms with Gasteiger partial charge in [0.05, 0.1) is 4.90 Å². The van der Waals surface area contributed by atoms with Gasteiger partial charge in [-0.05, 0) is 36.6 Å². The predicted octanol–water partition coefficient (Wildman–Crippen LogP) is 2.42. The Morgan fingerprint density at radius 2 is 1.88 bits per heavy atom. The number of aryl methyl sites for hydroxylation is 2. The largest absolute Gasteiger partial charge is 0.353 e. The molecule has 0 aliphatic carbocycles. The topological polar surface area (TPSA) is 66.5 Å². The number of amides is 1. The van der Waals surface area contributed by atoms with E-state index in [0.29, 0.717) is 12.1 Å². The third-order valence-electron chi connectivity index (χ3n) is 4.46. The van der Waals surface area contributed by atoms with Crippen LogP contribution in [-0.4, -0.2) is 31.7 Å². The molecule has 0 spiro atoms. The van der Waals surface area contributed by atoms with E-state index in [1.165, 1.54) is 4.31 Å². The number of hydrogen-bond donors (Lipinski definition) is 1. The Balaban J connectivity index is 2.03. The Kier molecular flexibility index (Phi) is 4.92. The van der Waals surface area contributed by atoms with Gasteiger partial charge in [-0.2, -0.15) is 4.31 Å². The average molecular weight is 358 g/mol. The summed E-state index contributed by atoms with van der Waals surface area (Å²) in [5, 5.41) is 2.78. The molecule has 0 bridgehead atoms. The van der Waals surface area contributed by atoms with Crippen molar-refractivity contribution in [3.05, 3.63) is 65.2 Å². The zero-order chi connectivity index (χ0) is 18.0. The molecule has 0 radical (unpaired) electrons. The van der Waals surface area contributed by atoms with Crippen LogP contribution in [0.25, 0.3) is 0 Å². The number of carbonyl (C=O) groups is 1. The van der Waals surface area contributed by atoms with E-state index in [4.69, 9.17) is 0 Å². The average Bonchev–Trinajstić information content (AvgIpc) is 2.61. The van der Waals surface area contributed by atoms with Crippen molar-refractivity contribution >= 4 is 15.9 Å². The van der Waals surface area contributed by atoms with Crippen molar-refractivity contribution in [2.75, 3.05) is 13.1 Å². The number of nitrogens with zero attached hydrogens (tertiary/aromatic N) is 1. The van der Waals surface area contributed by atoms with Gasteiger partial charge in [0.1, 0.15) is 6.04 Å². The summed E-state index contributed by atoms with van der Waals surface area (Å²) in [5.41, 5.74) is 2.75. The number of hydrogen-bond acceptors (Lipinski definition) is 3. The van der Waals surface area contributed by atoms with Crippen LogP contribution in [0.2, 0.25) is 0 Å². The van der Waals surface area contributed by atoms with Crippen molar-refractivity contribution in [1.82, 2.24) is 9.62 Å². The fourth-order valence-corrected chi connectivity index (χ4v) is 4.67. The Morgan fingerprint density at radius 1 is 1.16 bits per heavy atom. The zero-order valence-corrected chi connectivity index (χ0v) is 15.2. The highest BCUT2D eigenvalue weighted by atomic mass is 32.2. The second-order valence-electron chi connectivity index (χ2n) is 6.22. The van der Waals surface area contributed by atoms with Crippen molar-refractivity contribution in [2.24, 2.45) is 0 Å². The minimum Gasteiger partial charge on any atom is -0.353 e. The molecule has 2 aromatic carbocycles. The highest BCUT2D eigenvalue weighted by molar-refractivity contribution is 7.89. The van der Waals surface area contributed by atoms with Gasteiger partial charge in [0.25, 0.3) is 0 Å². The van der Waals surface area contributed by atoms with Crippen LogP contribution in [0.3, 0.4) is 0 Å². The summed E-state index contributed by atoms with van der Waals surface area (Å²) < 4.78 is 27.6. The van der Waals surface area contributed by atoms with Gasteiger partial charge in [0.15, 0.2) is 0 Å². The van der Waals surface area contributed by atoms with Crippen molar-refractivity contribution < 1.29 is 13.2 Å². The molecule has 1 unspecified atom stereocenters. The lowest BCUT2D eigenvalue weighted by Gasteiger charge is -2.34. The van der Waals surface area contributed by atoms with E-state index in [9.17, 15) is 13.2 Å². The molecule has 1 saturated heterocycles. The summed E-state index contributed by atoms with van der Waals surface area (Å²) >= 11 is 0. The standard InChI is InChI=1S/C19H22N2O3S/c1-3-15-7-9-17(10-8-15)25(23,24)21-12-11-20-19(22)18(21)16-6-4-5-14(2)13-16/h4-10,13,18H,3,11-12H2,1-2H3,(H,20,22). The van der Waals surface area contributed by atoms with Gasteiger partial charge in [-0.25, -0.2) is 8.42 Å². The first kappa shape index (κ1) is 17.6. The number of piperazine rings is 1. The van der Waals surface area contributed by atoms with Crippen LogP contribution in [0.15, 0.2) is 53.4 Å². The smallest absolute Gasteiger partial charge is 0.244 e. The second-order valence-corrected chi connectivity index (χ2v) is 8.11. The third kappa shape index (κ3) is 3.45. The first-order valence-corrected chi connectivity index (χ1v) is 9.82. The first-order valence-electron chi connectivity index (χ1n) is 8.38. The maximum absolute atomic E-state index is 13.1. The summed E-state index contributed by atoms with van der Waals surface area (Å²) in [6.07, 6.45) is 0.846. The Labute approximate surface area is 148 Å². The Morgan fingerprint density at radius 3 is 2.52 bits per heavy atom. The monoisotopic (exact) mass is 358 g/mol. The lowest BCUT2D eigenvalue weighted by molar-refractivity contribution is -0.126. The molecule has 1 aliphatic rings. The number of carbonyl (C=O) groups excluding carboxylic acids is 1. The molecule has 132 valence electrons. The molecule has 0 saturated carbocycles. The van der Waals surface area contributed by atoms with Crippen molar-refractivity contribution in [1.29, 1.82) is 0 Å². The molecule has 1 aliphatic heterocycles. The van der Waals surface area contributed by atoms with Crippen LogP contribution < -0.4 is 5.32 Å². The Hall–Kier alpha value is -2.18. The number of rotatable bonds is 4. The molecule has 1 amide bonds. The van der Waals surface area contributed by atoms with Crippen molar-refractivity contribution in [2.45, 2.75) is 31.2 Å². The quantitative estimate of drug-likeness (QED) is 0.913. The maximum Gasteiger partial charge on any atom is 0.244 e. The molecular formula is C19H22N2O3S. The molecule has 2 aromatic rings. The van der Waals surface area contributed by atoms with E-state index in [-0.39, 0.29) is 17.3 Å². The normalized spacial score (nSPS) is 18.8. The van der Waals surface area contributed by atoms with Crippen molar-refractivity contribution in [3.63, 3.8) is 0 Å². The van der Waals surface area contributed by atoms with Gasteiger partial charge in [0, 0.05) is 13.1 Å². The minimum atomic E-state index is -3.76. The minimum absolute atomic E-state index is 0.219. The predicted molar refractivity (Wildman–Crippen MR) is 96.6 cm³/mol. The fourth-order valence-electron chi connectivity index (χ4n) is 3.10. The van der Waals surface area contributed by atoms with Crippen LogP contribution >= 0.6 is 0 Å². The number of sulfonamides is 1. The van der Waals surface area contributed by atoms with Gasteiger partial charge < -0.3 is 5.32 Å². The first-order chi connectivity index (χ1) is 11.9. The number of nitrogens with one attached hydrogen (secondary N) is 1. The molecule has 1 N–H and O–H groups in total. The molecule has 6 heteroatoms. The molecule has 1 heterocycles. The van der Waals surface area contributed by atoms with Gasteiger partial charge in [-0.3, -0.25) is 4.79 Å². The van der Waals surface area contributed by atoms with Gasteiger partial charge >= 0.3 is 0 Å². The molecule has 1 fully saturated rings. The van der Waals surface area contributed by atoms with Crippen LogP contribution in [0, 0.1) is 6.92 Å². The van der Waals surface area contributed by atoms with Crippen molar-refractivity contribution in [3.8, 4) is 0 Å². The van der Waals surface area contributed by atoms with Gasteiger partial charge in [-0.15, -0.1) is 0 Å². The second kappa shape index (κ2) is 6.98. The van der Waals surface area contributed by atoms with E-state index >= 15 is 0 Å². The summed E-state index contributed by atoms with van der Waals surface area (Å²) in [4.78, 5) is 12.7. The highest BCUT2D eigenvalue weighted by Gasteiger charge is 2.39.